The van der Waals surface area contributed by atoms with Crippen LogP contribution in [0.25, 0.3) is 0 Å². The molecule has 2 fully saturated rings. The first-order valence-corrected chi connectivity index (χ1v) is 5.73. The molecule has 0 aromatic heterocycles. The van der Waals surface area contributed by atoms with E-state index in [4.69, 9.17) is 4.74 Å². The van der Waals surface area contributed by atoms with Crippen LogP contribution in [-0.4, -0.2) is 25.2 Å². The van der Waals surface area contributed by atoms with Crippen LogP contribution in [0.2, 0.25) is 0 Å². The Kier molecular flexibility index (Phi) is 3.06. The third kappa shape index (κ3) is 1.78. The van der Waals surface area contributed by atoms with E-state index < -0.39 is 0 Å². The minimum absolute atomic E-state index is 0.0137. The molecule has 2 rings (SSSR count). The van der Waals surface area contributed by atoms with Crippen molar-refractivity contribution in [3.8, 4) is 0 Å². The molecule has 2 aliphatic rings. The highest BCUT2D eigenvalue weighted by atomic mass is 16.5. The highest BCUT2D eigenvalue weighted by molar-refractivity contribution is 5.76. The lowest BCUT2D eigenvalue weighted by atomic mass is 9.73. The van der Waals surface area contributed by atoms with Crippen molar-refractivity contribution in [3.05, 3.63) is 0 Å². The Morgan fingerprint density at radius 2 is 2.21 bits per heavy atom. The second-order valence-electron chi connectivity index (χ2n) is 4.33. The molecule has 0 aromatic carbocycles. The SMILES string of the molecule is CCOC(=O)[C@@H]1NCC[C@@H]1C1CCC1. The predicted molar refractivity (Wildman–Crippen MR) is 53.9 cm³/mol. The van der Waals surface area contributed by atoms with E-state index in [-0.39, 0.29) is 12.0 Å². The van der Waals surface area contributed by atoms with Gasteiger partial charge in [-0.25, -0.2) is 0 Å². The number of nitrogens with one attached hydrogen (secondary N) is 1. The molecule has 0 aromatic rings. The molecule has 1 aliphatic carbocycles. The molecular weight excluding hydrogens is 178 g/mol. The molecule has 1 heterocycles. The van der Waals surface area contributed by atoms with Crippen LogP contribution in [0.4, 0.5) is 0 Å². The molecule has 0 amide bonds. The van der Waals surface area contributed by atoms with Crippen LogP contribution in [0.5, 0.6) is 0 Å². The quantitative estimate of drug-likeness (QED) is 0.694. The zero-order valence-electron chi connectivity index (χ0n) is 8.79. The Bertz CT molecular complexity index is 213. The standard InChI is InChI=1S/C11H19NO2/c1-2-14-11(13)10-9(6-7-12-10)8-4-3-5-8/h8-10,12H,2-7H2,1H3/t9-,10-/m1/s1. The number of hydrogen-bond acceptors (Lipinski definition) is 3. The second-order valence-corrected chi connectivity index (χ2v) is 4.33. The van der Waals surface area contributed by atoms with Gasteiger partial charge in [-0.2, -0.15) is 0 Å². The molecule has 0 unspecified atom stereocenters. The zero-order chi connectivity index (χ0) is 9.97. The van der Waals surface area contributed by atoms with Gasteiger partial charge in [0, 0.05) is 0 Å². The van der Waals surface area contributed by atoms with Gasteiger partial charge in [0.05, 0.1) is 6.61 Å². The van der Waals surface area contributed by atoms with E-state index in [9.17, 15) is 4.79 Å². The average Bonchev–Trinajstić information content (AvgIpc) is 2.50. The van der Waals surface area contributed by atoms with E-state index in [0.29, 0.717) is 12.5 Å². The minimum Gasteiger partial charge on any atom is -0.465 e. The van der Waals surface area contributed by atoms with Gasteiger partial charge in [0.2, 0.25) is 0 Å². The molecule has 2 atom stereocenters. The largest absolute Gasteiger partial charge is 0.465 e. The summed E-state index contributed by atoms with van der Waals surface area (Å²) >= 11 is 0. The first kappa shape index (κ1) is 9.97. The fourth-order valence-corrected chi connectivity index (χ4v) is 2.59. The lowest BCUT2D eigenvalue weighted by Crippen LogP contribution is -2.41. The molecule has 0 bridgehead atoms. The van der Waals surface area contributed by atoms with Crippen LogP contribution >= 0.6 is 0 Å². The first-order chi connectivity index (χ1) is 6.83. The fourth-order valence-electron chi connectivity index (χ4n) is 2.59. The molecule has 0 spiro atoms. The predicted octanol–water partition coefficient (Wildman–Crippen LogP) is 1.33. The number of ether oxygens (including phenoxy) is 1. The number of hydrogen-bond donors (Lipinski definition) is 1. The summed E-state index contributed by atoms with van der Waals surface area (Å²) in [6.07, 6.45) is 5.11. The van der Waals surface area contributed by atoms with Crippen molar-refractivity contribution in [3.63, 3.8) is 0 Å². The third-order valence-corrected chi connectivity index (χ3v) is 3.57. The highest BCUT2D eigenvalue weighted by Gasteiger charge is 2.40. The Balaban J connectivity index is 1.92. The van der Waals surface area contributed by atoms with E-state index >= 15 is 0 Å². The molecule has 3 heteroatoms. The first-order valence-electron chi connectivity index (χ1n) is 5.73. The number of carbonyl (C=O) groups excluding carboxylic acids is 1. The molecular formula is C11H19NO2. The van der Waals surface area contributed by atoms with Gasteiger partial charge in [0.1, 0.15) is 6.04 Å². The normalized spacial score (nSPS) is 32.6. The maximum absolute atomic E-state index is 11.6. The molecule has 1 saturated heterocycles. The molecule has 3 nitrogen and oxygen atoms in total. The molecule has 1 N–H and O–H groups in total. The van der Waals surface area contributed by atoms with Crippen molar-refractivity contribution >= 4 is 5.97 Å². The average molecular weight is 197 g/mol. The summed E-state index contributed by atoms with van der Waals surface area (Å²) in [7, 11) is 0. The summed E-state index contributed by atoms with van der Waals surface area (Å²) < 4.78 is 5.07. The molecule has 0 radical (unpaired) electrons. The Morgan fingerprint density at radius 3 is 2.79 bits per heavy atom. The molecule has 14 heavy (non-hydrogen) atoms. The number of rotatable bonds is 3. The zero-order valence-corrected chi connectivity index (χ0v) is 8.79. The van der Waals surface area contributed by atoms with Gasteiger partial charge in [-0.3, -0.25) is 4.79 Å². The van der Waals surface area contributed by atoms with Crippen LogP contribution < -0.4 is 5.32 Å². The monoisotopic (exact) mass is 197 g/mol. The third-order valence-electron chi connectivity index (χ3n) is 3.57. The summed E-state index contributed by atoms with van der Waals surface area (Å²) in [6.45, 7) is 3.34. The van der Waals surface area contributed by atoms with Gasteiger partial charge in [0.25, 0.3) is 0 Å². The van der Waals surface area contributed by atoms with Crippen LogP contribution in [0, 0.1) is 11.8 Å². The summed E-state index contributed by atoms with van der Waals surface area (Å²) in [4.78, 5) is 11.6. The van der Waals surface area contributed by atoms with Crippen molar-refractivity contribution in [1.82, 2.24) is 5.32 Å². The van der Waals surface area contributed by atoms with Gasteiger partial charge in [0.15, 0.2) is 0 Å². The Hall–Kier alpha value is -0.570. The number of carbonyl (C=O) groups is 1. The maximum atomic E-state index is 11.6. The van der Waals surface area contributed by atoms with Gasteiger partial charge in [-0.05, 0) is 31.7 Å². The molecule has 1 aliphatic heterocycles. The maximum Gasteiger partial charge on any atom is 0.323 e. The highest BCUT2D eigenvalue weighted by Crippen LogP contribution is 2.38. The van der Waals surface area contributed by atoms with Gasteiger partial charge >= 0.3 is 5.97 Å². The smallest absolute Gasteiger partial charge is 0.323 e. The van der Waals surface area contributed by atoms with E-state index in [2.05, 4.69) is 5.32 Å². The molecule has 1 saturated carbocycles. The van der Waals surface area contributed by atoms with E-state index in [1.54, 1.807) is 0 Å². The topological polar surface area (TPSA) is 38.3 Å². The lowest BCUT2D eigenvalue weighted by molar-refractivity contribution is -0.147. The van der Waals surface area contributed by atoms with Crippen LogP contribution in [0.15, 0.2) is 0 Å². The van der Waals surface area contributed by atoms with Gasteiger partial charge in [-0.15, -0.1) is 0 Å². The number of esters is 1. The lowest BCUT2D eigenvalue weighted by Gasteiger charge is -2.33. The van der Waals surface area contributed by atoms with Crippen molar-refractivity contribution in [2.45, 2.75) is 38.6 Å². The van der Waals surface area contributed by atoms with Crippen molar-refractivity contribution in [2.24, 2.45) is 11.8 Å². The Labute approximate surface area is 85.2 Å². The minimum atomic E-state index is -0.0399. The second kappa shape index (κ2) is 4.30. The van der Waals surface area contributed by atoms with E-state index in [1.807, 2.05) is 6.92 Å². The summed E-state index contributed by atoms with van der Waals surface area (Å²) in [5.74, 6) is 1.28. The van der Waals surface area contributed by atoms with Gasteiger partial charge in [-0.1, -0.05) is 19.3 Å². The van der Waals surface area contributed by atoms with Crippen LogP contribution in [-0.2, 0) is 9.53 Å². The molecule has 80 valence electrons. The summed E-state index contributed by atoms with van der Waals surface area (Å²) in [5, 5.41) is 3.27. The van der Waals surface area contributed by atoms with Crippen LogP contribution in [0.1, 0.15) is 32.6 Å². The van der Waals surface area contributed by atoms with Crippen molar-refractivity contribution < 1.29 is 9.53 Å². The van der Waals surface area contributed by atoms with E-state index in [0.717, 1.165) is 18.9 Å². The summed E-state index contributed by atoms with van der Waals surface area (Å²) in [5.41, 5.74) is 0. The fraction of sp³-hybridized carbons (Fsp3) is 0.909. The van der Waals surface area contributed by atoms with Gasteiger partial charge < -0.3 is 10.1 Å². The Morgan fingerprint density at radius 1 is 1.43 bits per heavy atom. The van der Waals surface area contributed by atoms with E-state index in [1.165, 1.54) is 19.3 Å². The van der Waals surface area contributed by atoms with Crippen molar-refractivity contribution in [2.75, 3.05) is 13.2 Å². The van der Waals surface area contributed by atoms with Crippen LogP contribution in [0.3, 0.4) is 0 Å². The summed E-state index contributed by atoms with van der Waals surface area (Å²) in [6, 6.07) is -0.0137. The van der Waals surface area contributed by atoms with Crippen molar-refractivity contribution in [1.29, 1.82) is 0 Å².